The molecule has 0 saturated heterocycles. The third-order valence-electron chi connectivity index (χ3n) is 2.70. The van der Waals surface area contributed by atoms with Crippen molar-refractivity contribution in [2.45, 2.75) is 11.8 Å². The number of nitrogens with zero attached hydrogens (tertiary/aromatic N) is 1. The second-order valence-corrected chi connectivity index (χ2v) is 6.47. The first kappa shape index (κ1) is 15.3. The van der Waals surface area contributed by atoms with Gasteiger partial charge in [-0.05, 0) is 37.3 Å². The minimum atomic E-state index is -3.73. The third kappa shape index (κ3) is 3.96. The van der Waals surface area contributed by atoms with E-state index in [2.05, 4.69) is 9.93 Å². The fraction of sp³-hybridized carbons (Fsp3) is 0.0714. The Morgan fingerprint density at radius 1 is 1.19 bits per heavy atom. The number of hydrogen-bond acceptors (Lipinski definition) is 4. The SMILES string of the molecule is Cc1ccc(S(=O)(=O)NN=Cc2cc(Cl)ccc2O)cc1. The van der Waals surface area contributed by atoms with Gasteiger partial charge in [-0.3, -0.25) is 0 Å². The average molecular weight is 325 g/mol. The monoisotopic (exact) mass is 324 g/mol. The largest absolute Gasteiger partial charge is 0.507 e. The number of phenolic OH excluding ortho intramolecular Hbond substituents is 1. The zero-order valence-electron chi connectivity index (χ0n) is 11.1. The number of nitrogens with one attached hydrogen (secondary N) is 1. The van der Waals surface area contributed by atoms with E-state index >= 15 is 0 Å². The molecule has 0 saturated carbocycles. The van der Waals surface area contributed by atoms with E-state index in [1.807, 2.05) is 6.92 Å². The molecule has 0 unspecified atom stereocenters. The lowest BCUT2D eigenvalue weighted by Crippen LogP contribution is -2.18. The van der Waals surface area contributed by atoms with Crippen molar-refractivity contribution in [1.82, 2.24) is 4.83 Å². The molecule has 0 heterocycles. The van der Waals surface area contributed by atoms with Crippen molar-refractivity contribution in [3.05, 3.63) is 58.6 Å². The van der Waals surface area contributed by atoms with E-state index < -0.39 is 10.0 Å². The van der Waals surface area contributed by atoms with Crippen LogP contribution in [0.5, 0.6) is 5.75 Å². The van der Waals surface area contributed by atoms with Gasteiger partial charge in [0.2, 0.25) is 0 Å². The number of aromatic hydroxyl groups is 1. The lowest BCUT2D eigenvalue weighted by molar-refractivity contribution is 0.474. The average Bonchev–Trinajstić information content (AvgIpc) is 2.43. The summed E-state index contributed by atoms with van der Waals surface area (Å²) in [5.74, 6) is -0.0438. The van der Waals surface area contributed by atoms with Crippen LogP contribution in [0.3, 0.4) is 0 Å². The molecule has 0 bridgehead atoms. The van der Waals surface area contributed by atoms with Gasteiger partial charge in [-0.15, -0.1) is 0 Å². The van der Waals surface area contributed by atoms with E-state index in [1.54, 1.807) is 12.1 Å². The van der Waals surface area contributed by atoms with Crippen LogP contribution in [0.2, 0.25) is 5.02 Å². The molecule has 0 aromatic heterocycles. The van der Waals surface area contributed by atoms with Crippen LogP contribution in [0.4, 0.5) is 0 Å². The van der Waals surface area contributed by atoms with Crippen LogP contribution in [-0.4, -0.2) is 19.7 Å². The highest BCUT2D eigenvalue weighted by atomic mass is 35.5. The number of halogens is 1. The summed E-state index contributed by atoms with van der Waals surface area (Å²) in [4.78, 5) is 2.19. The molecule has 0 fully saturated rings. The zero-order valence-corrected chi connectivity index (χ0v) is 12.7. The maximum absolute atomic E-state index is 12.0. The summed E-state index contributed by atoms with van der Waals surface area (Å²) in [7, 11) is -3.73. The van der Waals surface area contributed by atoms with E-state index in [9.17, 15) is 13.5 Å². The smallest absolute Gasteiger partial charge is 0.276 e. The predicted octanol–water partition coefficient (Wildman–Crippen LogP) is 2.67. The molecular formula is C14H13ClN2O3S. The molecule has 0 radical (unpaired) electrons. The van der Waals surface area contributed by atoms with Crippen LogP contribution < -0.4 is 4.83 Å². The van der Waals surface area contributed by atoms with Gasteiger partial charge in [-0.2, -0.15) is 13.5 Å². The van der Waals surface area contributed by atoms with Crippen LogP contribution in [0, 0.1) is 6.92 Å². The van der Waals surface area contributed by atoms with E-state index in [0.717, 1.165) is 5.56 Å². The van der Waals surface area contributed by atoms with Crippen molar-refractivity contribution in [2.24, 2.45) is 5.10 Å². The number of hydrazone groups is 1. The molecule has 0 amide bonds. The molecule has 5 nitrogen and oxygen atoms in total. The lowest BCUT2D eigenvalue weighted by Gasteiger charge is -2.04. The maximum atomic E-state index is 12.0. The van der Waals surface area contributed by atoms with Gasteiger partial charge in [0, 0.05) is 10.6 Å². The molecule has 0 aliphatic carbocycles. The second kappa shape index (κ2) is 6.15. The van der Waals surface area contributed by atoms with Gasteiger partial charge in [-0.25, -0.2) is 4.83 Å². The highest BCUT2D eigenvalue weighted by Crippen LogP contribution is 2.19. The molecule has 110 valence electrons. The fourth-order valence-corrected chi connectivity index (χ4v) is 2.54. The van der Waals surface area contributed by atoms with Gasteiger partial charge >= 0.3 is 0 Å². The summed E-state index contributed by atoms with van der Waals surface area (Å²) in [6, 6.07) is 10.8. The van der Waals surface area contributed by atoms with Crippen LogP contribution in [0.1, 0.15) is 11.1 Å². The highest BCUT2D eigenvalue weighted by molar-refractivity contribution is 7.89. The molecule has 2 aromatic rings. The van der Waals surface area contributed by atoms with E-state index in [0.29, 0.717) is 10.6 Å². The molecule has 2 N–H and O–H groups in total. The first-order valence-corrected chi connectivity index (χ1v) is 7.85. The van der Waals surface area contributed by atoms with Crippen LogP contribution in [0.15, 0.2) is 52.5 Å². The molecule has 21 heavy (non-hydrogen) atoms. The summed E-state index contributed by atoms with van der Waals surface area (Å²) in [5, 5.41) is 13.6. The minimum Gasteiger partial charge on any atom is -0.507 e. The summed E-state index contributed by atoms with van der Waals surface area (Å²) in [5.41, 5.74) is 1.27. The fourth-order valence-electron chi connectivity index (χ4n) is 1.56. The molecule has 0 aliphatic heterocycles. The van der Waals surface area contributed by atoms with Crippen molar-refractivity contribution in [3.63, 3.8) is 0 Å². The van der Waals surface area contributed by atoms with Crippen molar-refractivity contribution in [3.8, 4) is 5.75 Å². The predicted molar refractivity (Wildman–Crippen MR) is 82.2 cm³/mol. The standard InChI is InChI=1S/C14H13ClN2O3S/c1-10-2-5-13(6-3-10)21(19,20)17-16-9-11-8-12(15)4-7-14(11)18/h2-9,17-18H,1H3. The summed E-state index contributed by atoms with van der Waals surface area (Å²) in [6.07, 6.45) is 1.19. The molecule has 7 heteroatoms. The molecule has 0 spiro atoms. The summed E-state index contributed by atoms with van der Waals surface area (Å²) < 4.78 is 23.9. The molecule has 2 aromatic carbocycles. The van der Waals surface area contributed by atoms with E-state index in [4.69, 9.17) is 11.6 Å². The van der Waals surface area contributed by atoms with Crippen molar-refractivity contribution >= 4 is 27.8 Å². The number of phenols is 1. The van der Waals surface area contributed by atoms with E-state index in [1.165, 1.54) is 36.5 Å². The number of rotatable bonds is 4. The van der Waals surface area contributed by atoms with Crippen molar-refractivity contribution < 1.29 is 13.5 Å². The number of benzene rings is 2. The van der Waals surface area contributed by atoms with Crippen molar-refractivity contribution in [2.75, 3.05) is 0 Å². The lowest BCUT2D eigenvalue weighted by atomic mass is 10.2. The Bertz CT molecular complexity index is 771. The number of hydrogen-bond donors (Lipinski definition) is 2. The summed E-state index contributed by atoms with van der Waals surface area (Å²) >= 11 is 5.78. The second-order valence-electron chi connectivity index (χ2n) is 4.37. The highest BCUT2D eigenvalue weighted by Gasteiger charge is 2.11. The minimum absolute atomic E-state index is 0.0438. The normalized spacial score (nSPS) is 11.7. The van der Waals surface area contributed by atoms with Gasteiger partial charge in [0.15, 0.2) is 0 Å². The topological polar surface area (TPSA) is 78.8 Å². The Balaban J connectivity index is 2.16. The quantitative estimate of drug-likeness (QED) is 0.670. The van der Waals surface area contributed by atoms with Crippen LogP contribution in [-0.2, 0) is 10.0 Å². The van der Waals surface area contributed by atoms with Gasteiger partial charge in [-0.1, -0.05) is 29.3 Å². The Morgan fingerprint density at radius 2 is 1.86 bits per heavy atom. The summed E-state index contributed by atoms with van der Waals surface area (Å²) in [6.45, 7) is 1.86. The number of sulfonamides is 1. The molecule has 0 atom stereocenters. The van der Waals surface area contributed by atoms with Gasteiger partial charge in [0.25, 0.3) is 10.0 Å². The zero-order chi connectivity index (χ0) is 15.5. The number of aryl methyl sites for hydroxylation is 1. The first-order chi connectivity index (χ1) is 9.88. The van der Waals surface area contributed by atoms with Gasteiger partial charge < -0.3 is 5.11 Å². The van der Waals surface area contributed by atoms with Gasteiger partial charge in [0.1, 0.15) is 5.75 Å². The first-order valence-electron chi connectivity index (χ1n) is 5.98. The Labute approximate surface area is 127 Å². The van der Waals surface area contributed by atoms with E-state index in [-0.39, 0.29) is 10.6 Å². The maximum Gasteiger partial charge on any atom is 0.276 e. The molecular weight excluding hydrogens is 312 g/mol. The third-order valence-corrected chi connectivity index (χ3v) is 4.17. The Hall–Kier alpha value is -2.05. The van der Waals surface area contributed by atoms with Crippen LogP contribution >= 0.6 is 11.6 Å². The van der Waals surface area contributed by atoms with Crippen molar-refractivity contribution in [1.29, 1.82) is 0 Å². The van der Waals surface area contributed by atoms with Gasteiger partial charge in [0.05, 0.1) is 11.1 Å². The van der Waals surface area contributed by atoms with Crippen LogP contribution in [0.25, 0.3) is 0 Å². The Morgan fingerprint density at radius 3 is 2.52 bits per heavy atom. The molecule has 0 aliphatic rings. The molecule has 2 rings (SSSR count). The Kier molecular flexibility index (Phi) is 4.50.